The Morgan fingerprint density at radius 1 is 1.38 bits per heavy atom. The van der Waals surface area contributed by atoms with Crippen molar-refractivity contribution >= 4 is 38.6 Å². The number of benzene rings is 1. The summed E-state index contributed by atoms with van der Waals surface area (Å²) in [7, 11) is 0. The van der Waals surface area contributed by atoms with Gasteiger partial charge in [0.25, 0.3) is 0 Å². The van der Waals surface area contributed by atoms with Gasteiger partial charge in [-0.15, -0.1) is 0 Å². The Morgan fingerprint density at radius 2 is 2.04 bits per heavy atom. The second-order valence-electron chi connectivity index (χ2n) is 6.01. The summed E-state index contributed by atoms with van der Waals surface area (Å²) in [4.78, 5) is 23.5. The lowest BCUT2D eigenvalue weighted by atomic mass is 9.67. The number of unbranched alkanes of at least 4 members (excludes halogenated alkanes) is 1. The summed E-state index contributed by atoms with van der Waals surface area (Å²) in [6.07, 6.45) is 3.21. The number of thioether (sulfide) groups is 1. The summed E-state index contributed by atoms with van der Waals surface area (Å²) in [5.74, 6) is 1.19. The number of Topliss-reactive ketones (excluding diaryl/α,β-unsaturated/α-hetero) is 1. The minimum atomic E-state index is -0.568. The largest absolute Gasteiger partial charge is 0.508 e. The third-order valence-electron chi connectivity index (χ3n) is 4.29. The first-order chi connectivity index (χ1) is 11.3. The summed E-state index contributed by atoms with van der Waals surface area (Å²) in [5, 5.41) is 9.91. The minimum Gasteiger partial charge on any atom is -0.508 e. The molecule has 0 saturated carbocycles. The number of hydrogen-bond donors (Lipinski definition) is 1. The van der Waals surface area contributed by atoms with Gasteiger partial charge in [0.05, 0.1) is 10.2 Å². The standard InChI is InChI=1S/C17H21BrO3S.C2H6/c1-11(19)22-8-4-3-7-17(2)14-10-13(20)6-5-12(14)9-15(18)16(17)21;1-2/h5-6,10,15,20H,3-4,7-9H2,1-2H3;1-2H3. The number of alkyl halides is 1. The molecule has 0 radical (unpaired) electrons. The van der Waals surface area contributed by atoms with Crippen LogP contribution in [0, 0.1) is 0 Å². The molecular formula is C19H27BrO3S. The molecule has 134 valence electrons. The molecule has 1 N–H and O–H groups in total. The van der Waals surface area contributed by atoms with Gasteiger partial charge in [-0.25, -0.2) is 0 Å². The lowest BCUT2D eigenvalue weighted by Gasteiger charge is -2.37. The van der Waals surface area contributed by atoms with Crippen LogP contribution in [0.5, 0.6) is 5.75 Å². The van der Waals surface area contributed by atoms with Crippen LogP contribution in [0.2, 0.25) is 0 Å². The van der Waals surface area contributed by atoms with Crippen LogP contribution in [0.25, 0.3) is 0 Å². The molecule has 2 rings (SSSR count). The Kier molecular flexibility index (Phi) is 8.51. The fourth-order valence-electron chi connectivity index (χ4n) is 3.07. The normalized spacial score (nSPS) is 22.4. The molecule has 0 saturated heterocycles. The van der Waals surface area contributed by atoms with Crippen LogP contribution in [0.3, 0.4) is 0 Å². The zero-order valence-electron chi connectivity index (χ0n) is 14.9. The highest BCUT2D eigenvalue weighted by molar-refractivity contribution is 9.10. The Morgan fingerprint density at radius 3 is 2.67 bits per heavy atom. The molecule has 2 atom stereocenters. The Hall–Kier alpha value is -0.810. The maximum atomic E-state index is 12.7. The van der Waals surface area contributed by atoms with Gasteiger partial charge in [-0.1, -0.05) is 54.0 Å². The van der Waals surface area contributed by atoms with Crippen molar-refractivity contribution in [3.05, 3.63) is 29.3 Å². The van der Waals surface area contributed by atoms with Crippen LogP contribution in [-0.4, -0.2) is 26.6 Å². The van der Waals surface area contributed by atoms with Gasteiger partial charge in [0.15, 0.2) is 10.9 Å². The van der Waals surface area contributed by atoms with Crippen LogP contribution in [0.1, 0.15) is 58.1 Å². The third kappa shape index (κ3) is 5.09. The van der Waals surface area contributed by atoms with Crippen molar-refractivity contribution in [1.82, 2.24) is 0 Å². The highest BCUT2D eigenvalue weighted by atomic mass is 79.9. The monoisotopic (exact) mass is 414 g/mol. The molecule has 0 aliphatic heterocycles. The van der Waals surface area contributed by atoms with E-state index in [2.05, 4.69) is 15.9 Å². The van der Waals surface area contributed by atoms with E-state index in [0.29, 0.717) is 6.42 Å². The zero-order chi connectivity index (χ0) is 18.3. The first-order valence-corrected chi connectivity index (χ1v) is 10.4. The SMILES string of the molecule is CC.CC(=O)SCCCCC1(C)C(=O)C(Br)Cc2ccc(O)cc21. The highest BCUT2D eigenvalue weighted by Gasteiger charge is 2.43. The van der Waals surface area contributed by atoms with E-state index in [1.807, 2.05) is 26.8 Å². The lowest BCUT2D eigenvalue weighted by Crippen LogP contribution is -2.43. The number of hydrogen-bond acceptors (Lipinski definition) is 4. The van der Waals surface area contributed by atoms with Gasteiger partial charge in [0.1, 0.15) is 5.75 Å². The maximum absolute atomic E-state index is 12.7. The Labute approximate surface area is 157 Å². The fourth-order valence-corrected chi connectivity index (χ4v) is 4.56. The van der Waals surface area contributed by atoms with Crippen molar-refractivity contribution in [1.29, 1.82) is 0 Å². The highest BCUT2D eigenvalue weighted by Crippen LogP contribution is 2.41. The Bertz CT molecular complexity index is 588. The van der Waals surface area contributed by atoms with Crippen LogP contribution in [-0.2, 0) is 21.4 Å². The topological polar surface area (TPSA) is 54.4 Å². The van der Waals surface area contributed by atoms with Gasteiger partial charge in [-0.3, -0.25) is 9.59 Å². The second kappa shape index (κ2) is 9.62. The lowest BCUT2D eigenvalue weighted by molar-refractivity contribution is -0.124. The van der Waals surface area contributed by atoms with Crippen molar-refractivity contribution in [3.63, 3.8) is 0 Å². The molecule has 1 aliphatic rings. The van der Waals surface area contributed by atoms with Gasteiger partial charge >= 0.3 is 0 Å². The summed E-state index contributed by atoms with van der Waals surface area (Å²) in [5.41, 5.74) is 1.51. The fraction of sp³-hybridized carbons (Fsp3) is 0.579. The average Bonchev–Trinajstić information content (AvgIpc) is 2.55. The molecule has 0 bridgehead atoms. The number of rotatable bonds is 5. The molecule has 0 heterocycles. The molecule has 5 heteroatoms. The van der Waals surface area contributed by atoms with E-state index < -0.39 is 5.41 Å². The number of carbonyl (C=O) groups excluding carboxylic acids is 2. The zero-order valence-corrected chi connectivity index (χ0v) is 17.3. The number of halogens is 1. The summed E-state index contributed by atoms with van der Waals surface area (Å²) < 4.78 is 0. The molecular weight excluding hydrogens is 388 g/mol. The van der Waals surface area contributed by atoms with E-state index in [9.17, 15) is 14.7 Å². The van der Waals surface area contributed by atoms with Crippen LogP contribution >= 0.6 is 27.7 Å². The number of aromatic hydroxyl groups is 1. The maximum Gasteiger partial charge on any atom is 0.185 e. The van der Waals surface area contributed by atoms with E-state index >= 15 is 0 Å². The van der Waals surface area contributed by atoms with E-state index in [4.69, 9.17) is 0 Å². The summed E-state index contributed by atoms with van der Waals surface area (Å²) in [6.45, 7) is 7.55. The van der Waals surface area contributed by atoms with Gasteiger partial charge < -0.3 is 5.11 Å². The number of phenolic OH excluding ortho intramolecular Hbond substituents is 1. The van der Waals surface area contributed by atoms with Crippen molar-refractivity contribution in [2.45, 2.75) is 63.6 Å². The quantitative estimate of drug-likeness (QED) is 0.542. The van der Waals surface area contributed by atoms with E-state index in [-0.39, 0.29) is 21.5 Å². The number of ketones is 1. The number of fused-ring (bicyclic) bond motifs is 1. The molecule has 0 fully saturated rings. The smallest absolute Gasteiger partial charge is 0.185 e. The number of carbonyl (C=O) groups is 2. The van der Waals surface area contributed by atoms with Gasteiger partial charge in [0.2, 0.25) is 0 Å². The van der Waals surface area contributed by atoms with E-state index in [1.54, 1.807) is 19.1 Å². The second-order valence-corrected chi connectivity index (χ2v) is 8.38. The molecule has 2 unspecified atom stereocenters. The molecule has 0 spiro atoms. The molecule has 1 aromatic rings. The van der Waals surface area contributed by atoms with Crippen molar-refractivity contribution in [2.24, 2.45) is 0 Å². The predicted molar refractivity (Wildman–Crippen MR) is 105 cm³/mol. The molecule has 3 nitrogen and oxygen atoms in total. The summed E-state index contributed by atoms with van der Waals surface area (Å²) in [6, 6.07) is 5.32. The summed E-state index contributed by atoms with van der Waals surface area (Å²) >= 11 is 4.83. The van der Waals surface area contributed by atoms with Crippen LogP contribution in [0.15, 0.2) is 18.2 Å². The molecule has 1 aromatic carbocycles. The van der Waals surface area contributed by atoms with Crippen LogP contribution < -0.4 is 0 Å². The van der Waals surface area contributed by atoms with E-state index in [1.165, 1.54) is 11.8 Å². The molecule has 0 amide bonds. The van der Waals surface area contributed by atoms with E-state index in [0.717, 1.165) is 36.1 Å². The van der Waals surface area contributed by atoms with Crippen molar-refractivity contribution < 1.29 is 14.7 Å². The number of phenols is 1. The average molecular weight is 415 g/mol. The van der Waals surface area contributed by atoms with Crippen LogP contribution in [0.4, 0.5) is 0 Å². The van der Waals surface area contributed by atoms with Gasteiger partial charge in [-0.2, -0.15) is 0 Å². The molecule has 24 heavy (non-hydrogen) atoms. The molecule has 1 aliphatic carbocycles. The first kappa shape index (κ1) is 21.2. The van der Waals surface area contributed by atoms with Crippen molar-refractivity contribution in [3.8, 4) is 5.75 Å². The first-order valence-electron chi connectivity index (χ1n) is 8.48. The van der Waals surface area contributed by atoms with Crippen molar-refractivity contribution in [2.75, 3.05) is 5.75 Å². The molecule has 0 aromatic heterocycles. The third-order valence-corrected chi connectivity index (χ3v) is 5.93. The Balaban J connectivity index is 0.00000139. The minimum absolute atomic E-state index is 0.135. The van der Waals surface area contributed by atoms with Gasteiger partial charge in [0, 0.05) is 12.7 Å². The van der Waals surface area contributed by atoms with Gasteiger partial charge in [-0.05, 0) is 49.4 Å². The predicted octanol–water partition coefficient (Wildman–Crippen LogP) is 5.01.